The van der Waals surface area contributed by atoms with Gasteiger partial charge in [-0.05, 0) is 12.8 Å². The van der Waals surface area contributed by atoms with E-state index in [1.54, 1.807) is 0 Å². The third-order valence-electron chi connectivity index (χ3n) is 3.94. The van der Waals surface area contributed by atoms with Gasteiger partial charge in [-0.15, -0.1) is 17.0 Å². The number of carbonyl (C=O) groups excluding carboxylic acids is 1. The van der Waals surface area contributed by atoms with Gasteiger partial charge in [-0.1, -0.05) is 51.5 Å². The number of unbranched alkanes of at least 4 members (excludes halogenated alkanes) is 8. The predicted octanol–water partition coefficient (Wildman–Crippen LogP) is 4.48. The zero-order chi connectivity index (χ0) is 16.0. The Morgan fingerprint density at radius 2 is 1.61 bits per heavy atom. The van der Waals surface area contributed by atoms with Crippen molar-refractivity contribution in [1.29, 1.82) is 0 Å². The van der Waals surface area contributed by atoms with E-state index in [-0.39, 0.29) is 23.0 Å². The van der Waals surface area contributed by atoms with Crippen LogP contribution in [0.2, 0.25) is 0 Å². The molecule has 0 aromatic carbocycles. The molecule has 1 heterocycles. The minimum atomic E-state index is -0.309. The maximum absolute atomic E-state index is 10.8. The first-order valence-corrected chi connectivity index (χ1v) is 8.64. The Morgan fingerprint density at radius 1 is 1.04 bits per heavy atom. The standard InChI is InChI=1S/C18H32N2O2.BrH/c1-3-18(21)22-16-12-10-8-6-4-5-7-9-11-13-20-15-14-19(2)17-20;/h3,14-15H,1,4-13,16-17H2,2H3;1H. The molecule has 0 aromatic rings. The maximum Gasteiger partial charge on any atom is 0.330 e. The van der Waals surface area contributed by atoms with Crippen LogP contribution in [0.1, 0.15) is 57.8 Å². The molecule has 1 aliphatic rings. The Kier molecular flexibility index (Phi) is 14.0. The summed E-state index contributed by atoms with van der Waals surface area (Å²) in [6.45, 7) is 6.13. The molecule has 0 amide bonds. The van der Waals surface area contributed by atoms with Crippen LogP contribution in [0, 0.1) is 0 Å². The van der Waals surface area contributed by atoms with Crippen LogP contribution in [-0.4, -0.2) is 42.6 Å². The van der Waals surface area contributed by atoms with Crippen molar-refractivity contribution < 1.29 is 9.53 Å². The number of halogens is 1. The van der Waals surface area contributed by atoms with Crippen molar-refractivity contribution in [3.05, 3.63) is 25.1 Å². The van der Waals surface area contributed by atoms with Crippen molar-refractivity contribution in [3.63, 3.8) is 0 Å². The van der Waals surface area contributed by atoms with Gasteiger partial charge in [0, 0.05) is 32.1 Å². The average Bonchev–Trinajstić information content (AvgIpc) is 2.93. The van der Waals surface area contributed by atoms with Crippen molar-refractivity contribution in [2.75, 3.05) is 26.9 Å². The highest BCUT2D eigenvalue weighted by molar-refractivity contribution is 8.93. The third-order valence-corrected chi connectivity index (χ3v) is 3.94. The molecule has 0 unspecified atom stereocenters. The molecule has 0 spiro atoms. The minimum absolute atomic E-state index is 0. The van der Waals surface area contributed by atoms with Crippen LogP contribution < -0.4 is 0 Å². The first-order valence-electron chi connectivity index (χ1n) is 8.64. The van der Waals surface area contributed by atoms with E-state index >= 15 is 0 Å². The van der Waals surface area contributed by atoms with Gasteiger partial charge in [0.15, 0.2) is 0 Å². The molecule has 0 aliphatic carbocycles. The molecule has 0 bridgehead atoms. The van der Waals surface area contributed by atoms with Crippen LogP contribution in [0.3, 0.4) is 0 Å². The zero-order valence-corrected chi connectivity index (χ0v) is 16.3. The fourth-order valence-electron chi connectivity index (χ4n) is 2.62. The summed E-state index contributed by atoms with van der Waals surface area (Å²) in [6.07, 6.45) is 16.9. The molecule has 1 rings (SSSR count). The van der Waals surface area contributed by atoms with E-state index in [4.69, 9.17) is 4.74 Å². The first kappa shape index (κ1) is 22.0. The summed E-state index contributed by atoms with van der Waals surface area (Å²) >= 11 is 0. The second-order valence-corrected chi connectivity index (χ2v) is 6.06. The summed E-state index contributed by atoms with van der Waals surface area (Å²) in [6, 6.07) is 0. The highest BCUT2D eigenvalue weighted by Gasteiger charge is 2.06. The molecule has 0 fully saturated rings. The van der Waals surface area contributed by atoms with E-state index in [0.717, 1.165) is 19.5 Å². The van der Waals surface area contributed by atoms with Gasteiger partial charge in [0.05, 0.1) is 13.3 Å². The molecule has 0 radical (unpaired) electrons. The van der Waals surface area contributed by atoms with Crippen molar-refractivity contribution >= 4 is 23.0 Å². The van der Waals surface area contributed by atoms with Crippen LogP contribution in [-0.2, 0) is 9.53 Å². The summed E-state index contributed by atoms with van der Waals surface area (Å²) < 4.78 is 4.94. The van der Waals surface area contributed by atoms with E-state index in [2.05, 4.69) is 35.8 Å². The lowest BCUT2D eigenvalue weighted by Gasteiger charge is -2.17. The Balaban J connectivity index is 0.00000484. The molecule has 0 atom stereocenters. The molecule has 0 saturated carbocycles. The summed E-state index contributed by atoms with van der Waals surface area (Å²) in [5.74, 6) is -0.309. The van der Waals surface area contributed by atoms with E-state index < -0.39 is 0 Å². The quantitative estimate of drug-likeness (QED) is 0.264. The molecule has 0 aromatic heterocycles. The van der Waals surface area contributed by atoms with Crippen molar-refractivity contribution in [2.24, 2.45) is 0 Å². The highest BCUT2D eigenvalue weighted by atomic mass is 79.9. The van der Waals surface area contributed by atoms with Crippen molar-refractivity contribution in [2.45, 2.75) is 57.8 Å². The first-order chi connectivity index (χ1) is 10.7. The third kappa shape index (κ3) is 12.2. The van der Waals surface area contributed by atoms with Gasteiger partial charge in [-0.3, -0.25) is 0 Å². The number of rotatable bonds is 13. The molecule has 1 aliphatic heterocycles. The monoisotopic (exact) mass is 388 g/mol. The lowest BCUT2D eigenvalue weighted by molar-refractivity contribution is -0.137. The Hall–Kier alpha value is -0.970. The minimum Gasteiger partial charge on any atom is -0.463 e. The zero-order valence-electron chi connectivity index (χ0n) is 14.5. The molecule has 0 saturated heterocycles. The van der Waals surface area contributed by atoms with Gasteiger partial charge < -0.3 is 14.5 Å². The number of nitrogens with zero attached hydrogens (tertiary/aromatic N) is 2. The Labute approximate surface area is 152 Å². The van der Waals surface area contributed by atoms with Crippen LogP contribution in [0.15, 0.2) is 25.1 Å². The van der Waals surface area contributed by atoms with Gasteiger partial charge in [0.1, 0.15) is 0 Å². The van der Waals surface area contributed by atoms with E-state index in [1.165, 1.54) is 57.6 Å². The largest absolute Gasteiger partial charge is 0.463 e. The van der Waals surface area contributed by atoms with Crippen LogP contribution >= 0.6 is 17.0 Å². The van der Waals surface area contributed by atoms with Gasteiger partial charge >= 0.3 is 5.97 Å². The summed E-state index contributed by atoms with van der Waals surface area (Å²) in [4.78, 5) is 15.4. The molecule has 5 heteroatoms. The fourth-order valence-corrected chi connectivity index (χ4v) is 2.62. The SMILES string of the molecule is Br.C=CC(=O)OCCCCCCCCCCCN1C=CN(C)C1. The van der Waals surface area contributed by atoms with Crippen LogP contribution in [0.5, 0.6) is 0 Å². The molecule has 134 valence electrons. The van der Waals surface area contributed by atoms with E-state index in [9.17, 15) is 4.79 Å². The number of carbonyl (C=O) groups is 1. The lowest BCUT2D eigenvalue weighted by atomic mass is 10.1. The molecular formula is C18H33BrN2O2. The molecule has 23 heavy (non-hydrogen) atoms. The van der Waals surface area contributed by atoms with Gasteiger partial charge in [0.2, 0.25) is 0 Å². The summed E-state index contributed by atoms with van der Waals surface area (Å²) in [5, 5.41) is 0. The van der Waals surface area contributed by atoms with Crippen LogP contribution in [0.25, 0.3) is 0 Å². The average molecular weight is 389 g/mol. The predicted molar refractivity (Wildman–Crippen MR) is 102 cm³/mol. The van der Waals surface area contributed by atoms with Gasteiger partial charge in [-0.25, -0.2) is 4.79 Å². The molecule has 0 N–H and O–H groups in total. The van der Waals surface area contributed by atoms with Gasteiger partial charge in [-0.2, -0.15) is 0 Å². The van der Waals surface area contributed by atoms with E-state index in [1.807, 2.05) is 0 Å². The highest BCUT2D eigenvalue weighted by Crippen LogP contribution is 2.11. The fraction of sp³-hybridized carbons (Fsp3) is 0.722. The maximum atomic E-state index is 10.8. The number of hydrogen-bond donors (Lipinski definition) is 0. The van der Waals surface area contributed by atoms with Gasteiger partial charge in [0.25, 0.3) is 0 Å². The summed E-state index contributed by atoms with van der Waals surface area (Å²) in [5.41, 5.74) is 0. The molecular weight excluding hydrogens is 356 g/mol. The van der Waals surface area contributed by atoms with Crippen molar-refractivity contribution in [3.8, 4) is 0 Å². The normalized spacial score (nSPS) is 13.1. The lowest BCUT2D eigenvalue weighted by Crippen LogP contribution is -2.23. The van der Waals surface area contributed by atoms with Crippen molar-refractivity contribution in [1.82, 2.24) is 9.80 Å². The second-order valence-electron chi connectivity index (χ2n) is 6.06. The number of hydrogen-bond acceptors (Lipinski definition) is 4. The Morgan fingerprint density at radius 3 is 2.13 bits per heavy atom. The van der Waals surface area contributed by atoms with Crippen LogP contribution in [0.4, 0.5) is 0 Å². The molecule has 4 nitrogen and oxygen atoms in total. The number of esters is 1. The van der Waals surface area contributed by atoms with E-state index in [0.29, 0.717) is 6.61 Å². The second kappa shape index (κ2) is 14.6. The summed E-state index contributed by atoms with van der Waals surface area (Å²) in [7, 11) is 2.11. The number of ether oxygens (including phenoxy) is 1. The Bertz CT molecular complexity index is 348. The smallest absolute Gasteiger partial charge is 0.330 e. The topological polar surface area (TPSA) is 32.8 Å².